The predicted octanol–water partition coefficient (Wildman–Crippen LogP) is 4.06. The lowest BCUT2D eigenvalue weighted by Crippen LogP contribution is -2.42. The van der Waals surface area contributed by atoms with Crippen molar-refractivity contribution in [3.05, 3.63) is 35.4 Å². The van der Waals surface area contributed by atoms with Gasteiger partial charge in [0, 0.05) is 13.1 Å². The summed E-state index contributed by atoms with van der Waals surface area (Å²) in [5.41, 5.74) is 1.60. The van der Waals surface area contributed by atoms with Gasteiger partial charge in [-0.3, -0.25) is 4.18 Å². The Kier molecular flexibility index (Phi) is 6.92. The molecule has 0 unspecified atom stereocenters. The standard InChI is InChI=1S/C20H31NO5S/c1-20(2,3)26-19(22)21(4)18-12-10-17(11-13-18)16-8-6-15(7-9-16)14-25-27(5,23)24/h6-9,17-18H,10-14H2,1-5H3. The molecule has 0 spiro atoms. The Morgan fingerprint density at radius 2 is 1.67 bits per heavy atom. The Labute approximate surface area is 163 Å². The molecule has 2 rings (SSSR count). The zero-order valence-corrected chi connectivity index (χ0v) is 17.7. The summed E-state index contributed by atoms with van der Waals surface area (Å²) in [6.07, 6.45) is 4.70. The van der Waals surface area contributed by atoms with Crippen molar-refractivity contribution < 1.29 is 22.1 Å². The molecule has 0 heterocycles. The third kappa shape index (κ3) is 7.14. The third-order valence-electron chi connectivity index (χ3n) is 4.82. The summed E-state index contributed by atoms with van der Waals surface area (Å²) in [5.74, 6) is 0.457. The van der Waals surface area contributed by atoms with E-state index >= 15 is 0 Å². The van der Waals surface area contributed by atoms with Crippen molar-refractivity contribution in [3.8, 4) is 0 Å². The number of hydrogen-bond donors (Lipinski definition) is 0. The molecule has 1 aliphatic carbocycles. The Morgan fingerprint density at radius 1 is 1.11 bits per heavy atom. The Bertz CT molecular complexity index is 729. The van der Waals surface area contributed by atoms with E-state index in [9.17, 15) is 13.2 Å². The van der Waals surface area contributed by atoms with Crippen molar-refractivity contribution >= 4 is 16.2 Å². The number of ether oxygens (including phenoxy) is 1. The fourth-order valence-corrected chi connectivity index (χ4v) is 3.69. The predicted molar refractivity (Wildman–Crippen MR) is 105 cm³/mol. The highest BCUT2D eigenvalue weighted by atomic mass is 32.2. The first-order valence-corrected chi connectivity index (χ1v) is 11.2. The van der Waals surface area contributed by atoms with E-state index in [0.717, 1.165) is 37.5 Å². The Hall–Kier alpha value is -1.60. The molecule has 152 valence electrons. The highest BCUT2D eigenvalue weighted by molar-refractivity contribution is 7.85. The number of amides is 1. The highest BCUT2D eigenvalue weighted by Gasteiger charge is 2.29. The van der Waals surface area contributed by atoms with Crippen LogP contribution in [0.15, 0.2) is 24.3 Å². The van der Waals surface area contributed by atoms with Gasteiger partial charge >= 0.3 is 6.09 Å². The molecule has 1 saturated carbocycles. The van der Waals surface area contributed by atoms with Crippen LogP contribution < -0.4 is 0 Å². The van der Waals surface area contributed by atoms with E-state index in [4.69, 9.17) is 8.92 Å². The molecule has 0 aromatic heterocycles. The van der Waals surface area contributed by atoms with E-state index < -0.39 is 15.7 Å². The molecule has 0 aliphatic heterocycles. The summed E-state index contributed by atoms with van der Waals surface area (Å²) in [4.78, 5) is 14.0. The first kappa shape index (κ1) is 21.7. The molecule has 0 atom stereocenters. The second-order valence-electron chi connectivity index (χ2n) is 8.30. The van der Waals surface area contributed by atoms with Crippen LogP contribution in [0.3, 0.4) is 0 Å². The minimum Gasteiger partial charge on any atom is -0.444 e. The van der Waals surface area contributed by atoms with Crippen molar-refractivity contribution in [1.29, 1.82) is 0 Å². The van der Waals surface area contributed by atoms with Gasteiger partial charge < -0.3 is 9.64 Å². The number of hydrogen-bond acceptors (Lipinski definition) is 5. The van der Waals surface area contributed by atoms with Crippen molar-refractivity contribution in [1.82, 2.24) is 4.90 Å². The lowest BCUT2D eigenvalue weighted by molar-refractivity contribution is 0.0183. The first-order valence-electron chi connectivity index (χ1n) is 9.33. The van der Waals surface area contributed by atoms with Gasteiger partial charge in [-0.1, -0.05) is 24.3 Å². The number of rotatable bonds is 5. The van der Waals surface area contributed by atoms with Crippen molar-refractivity contribution in [2.75, 3.05) is 13.3 Å². The van der Waals surface area contributed by atoms with Gasteiger partial charge in [0.25, 0.3) is 10.1 Å². The molecule has 7 heteroatoms. The van der Waals surface area contributed by atoms with Crippen LogP contribution in [-0.4, -0.2) is 44.4 Å². The van der Waals surface area contributed by atoms with Gasteiger partial charge in [-0.2, -0.15) is 8.42 Å². The molecular weight excluding hydrogens is 366 g/mol. The zero-order chi connectivity index (χ0) is 20.2. The minimum atomic E-state index is -3.43. The number of benzene rings is 1. The molecular formula is C20H31NO5S. The molecule has 6 nitrogen and oxygen atoms in total. The highest BCUT2D eigenvalue weighted by Crippen LogP contribution is 2.35. The summed E-state index contributed by atoms with van der Waals surface area (Å²) >= 11 is 0. The van der Waals surface area contributed by atoms with Crippen LogP contribution in [0.2, 0.25) is 0 Å². The fourth-order valence-electron chi connectivity index (χ4n) is 3.34. The smallest absolute Gasteiger partial charge is 0.410 e. The summed E-state index contributed by atoms with van der Waals surface area (Å²) in [6, 6.07) is 8.13. The van der Waals surface area contributed by atoms with Crippen LogP contribution in [0, 0.1) is 0 Å². The Balaban J connectivity index is 1.87. The van der Waals surface area contributed by atoms with Gasteiger partial charge in [-0.25, -0.2) is 4.79 Å². The summed E-state index contributed by atoms with van der Waals surface area (Å²) in [6.45, 7) is 5.69. The van der Waals surface area contributed by atoms with E-state index in [1.165, 1.54) is 5.56 Å². The topological polar surface area (TPSA) is 72.9 Å². The maximum absolute atomic E-state index is 12.2. The molecule has 0 N–H and O–H groups in total. The maximum atomic E-state index is 12.2. The molecule has 0 radical (unpaired) electrons. The summed E-state index contributed by atoms with van der Waals surface area (Å²) < 4.78 is 32.4. The number of carbonyl (C=O) groups excluding carboxylic acids is 1. The van der Waals surface area contributed by atoms with Crippen molar-refractivity contribution in [2.24, 2.45) is 0 Å². The second-order valence-corrected chi connectivity index (χ2v) is 9.95. The molecule has 1 fully saturated rings. The molecule has 0 saturated heterocycles. The van der Waals surface area contributed by atoms with E-state index in [-0.39, 0.29) is 18.7 Å². The zero-order valence-electron chi connectivity index (χ0n) is 16.9. The fraction of sp³-hybridized carbons (Fsp3) is 0.650. The normalized spacial score (nSPS) is 20.9. The molecule has 1 aromatic rings. The molecule has 27 heavy (non-hydrogen) atoms. The third-order valence-corrected chi connectivity index (χ3v) is 5.36. The second kappa shape index (κ2) is 8.61. The van der Waals surface area contributed by atoms with Crippen LogP contribution in [0.5, 0.6) is 0 Å². The van der Waals surface area contributed by atoms with E-state index in [1.807, 2.05) is 52.1 Å². The van der Waals surface area contributed by atoms with Crippen LogP contribution >= 0.6 is 0 Å². The maximum Gasteiger partial charge on any atom is 0.410 e. The molecule has 1 aromatic carbocycles. The van der Waals surface area contributed by atoms with E-state index in [2.05, 4.69) is 0 Å². The number of carbonyl (C=O) groups is 1. The van der Waals surface area contributed by atoms with E-state index in [1.54, 1.807) is 4.90 Å². The SMILES string of the molecule is CN(C(=O)OC(C)(C)C)C1CCC(c2ccc(COS(C)(=O)=O)cc2)CC1. The lowest BCUT2D eigenvalue weighted by atomic mass is 9.81. The van der Waals surface area contributed by atoms with Crippen LogP contribution in [0.4, 0.5) is 4.79 Å². The van der Waals surface area contributed by atoms with Crippen LogP contribution in [-0.2, 0) is 25.6 Å². The van der Waals surface area contributed by atoms with Crippen LogP contribution in [0.1, 0.15) is 63.5 Å². The first-order chi connectivity index (χ1) is 12.4. The molecule has 0 bridgehead atoms. The van der Waals surface area contributed by atoms with Gasteiger partial charge in [-0.15, -0.1) is 0 Å². The number of nitrogens with zero attached hydrogens (tertiary/aromatic N) is 1. The van der Waals surface area contributed by atoms with Crippen LogP contribution in [0.25, 0.3) is 0 Å². The summed E-state index contributed by atoms with van der Waals surface area (Å²) in [7, 11) is -1.61. The quantitative estimate of drug-likeness (QED) is 0.701. The average molecular weight is 398 g/mol. The molecule has 1 amide bonds. The average Bonchev–Trinajstić information content (AvgIpc) is 2.58. The largest absolute Gasteiger partial charge is 0.444 e. The van der Waals surface area contributed by atoms with Gasteiger partial charge in [0.1, 0.15) is 5.60 Å². The van der Waals surface area contributed by atoms with Crippen molar-refractivity contribution in [2.45, 2.75) is 70.6 Å². The van der Waals surface area contributed by atoms with Crippen molar-refractivity contribution in [3.63, 3.8) is 0 Å². The summed E-state index contributed by atoms with van der Waals surface area (Å²) in [5, 5.41) is 0. The molecule has 1 aliphatic rings. The Morgan fingerprint density at radius 3 is 2.15 bits per heavy atom. The van der Waals surface area contributed by atoms with Gasteiger partial charge in [0.05, 0.1) is 12.9 Å². The van der Waals surface area contributed by atoms with E-state index in [0.29, 0.717) is 5.92 Å². The van der Waals surface area contributed by atoms with Gasteiger partial charge in [-0.05, 0) is 63.5 Å². The monoisotopic (exact) mass is 397 g/mol. The minimum absolute atomic E-state index is 0.0620. The van der Waals surface area contributed by atoms with Gasteiger partial charge in [0.15, 0.2) is 0 Å². The van der Waals surface area contributed by atoms with Gasteiger partial charge in [0.2, 0.25) is 0 Å². The lowest BCUT2D eigenvalue weighted by Gasteiger charge is -2.35.